The van der Waals surface area contributed by atoms with Crippen molar-refractivity contribution < 1.29 is 4.79 Å². The molecule has 0 saturated carbocycles. The lowest BCUT2D eigenvalue weighted by Gasteiger charge is -2.15. The highest BCUT2D eigenvalue weighted by molar-refractivity contribution is 5.79. The quantitative estimate of drug-likeness (QED) is 0.569. The number of H-pyrrole nitrogens is 1. The van der Waals surface area contributed by atoms with E-state index in [4.69, 9.17) is 0 Å². The molecule has 1 heterocycles. The summed E-state index contributed by atoms with van der Waals surface area (Å²) >= 11 is 0. The summed E-state index contributed by atoms with van der Waals surface area (Å²) in [5.74, 6) is 0.501. The molecule has 30 heavy (non-hydrogen) atoms. The molecular weight excluding hydrogens is 378 g/mol. The Morgan fingerprint density at radius 2 is 1.80 bits per heavy atom. The second-order valence-corrected chi connectivity index (χ2v) is 7.68. The first-order valence-electron chi connectivity index (χ1n) is 10.6. The van der Waals surface area contributed by atoms with Gasteiger partial charge in [-0.2, -0.15) is 0 Å². The minimum Gasteiger partial charge on any atom is -0.356 e. The minimum atomic E-state index is -0.484. The third-order valence-electron chi connectivity index (χ3n) is 5.50. The van der Waals surface area contributed by atoms with Crippen LogP contribution in [0.15, 0.2) is 58.1 Å². The van der Waals surface area contributed by atoms with E-state index in [0.29, 0.717) is 29.1 Å². The number of hydrogen-bond acceptors (Lipinski definition) is 3. The molecule has 0 fully saturated rings. The van der Waals surface area contributed by atoms with Crippen molar-refractivity contribution in [2.24, 2.45) is 5.92 Å². The van der Waals surface area contributed by atoms with Gasteiger partial charge in [-0.25, -0.2) is 9.36 Å². The number of nitrogens with one attached hydrogen (secondary N) is 2. The zero-order chi connectivity index (χ0) is 21.5. The molecular formula is C24H29N3O3. The van der Waals surface area contributed by atoms with E-state index in [2.05, 4.69) is 24.1 Å². The van der Waals surface area contributed by atoms with Crippen LogP contribution >= 0.6 is 0 Å². The van der Waals surface area contributed by atoms with E-state index in [9.17, 15) is 14.4 Å². The molecule has 1 atom stereocenters. The highest BCUT2D eigenvalue weighted by atomic mass is 16.2. The predicted molar refractivity (Wildman–Crippen MR) is 120 cm³/mol. The van der Waals surface area contributed by atoms with E-state index in [0.717, 1.165) is 23.0 Å². The molecule has 0 bridgehead atoms. The topological polar surface area (TPSA) is 84.0 Å². The Labute approximate surface area is 176 Å². The van der Waals surface area contributed by atoms with Crippen LogP contribution in [0.25, 0.3) is 16.6 Å². The normalized spacial score (nSPS) is 12.1. The fourth-order valence-electron chi connectivity index (χ4n) is 3.61. The lowest BCUT2D eigenvalue weighted by Crippen LogP contribution is -2.33. The maximum Gasteiger partial charge on any atom is 0.333 e. The Morgan fingerprint density at radius 3 is 2.50 bits per heavy atom. The number of aromatic nitrogens is 2. The van der Waals surface area contributed by atoms with Crippen molar-refractivity contribution >= 4 is 16.8 Å². The van der Waals surface area contributed by atoms with Gasteiger partial charge in [-0.3, -0.25) is 9.59 Å². The van der Waals surface area contributed by atoms with Gasteiger partial charge in [0.2, 0.25) is 5.91 Å². The summed E-state index contributed by atoms with van der Waals surface area (Å²) in [7, 11) is 0. The van der Waals surface area contributed by atoms with E-state index in [1.165, 1.54) is 12.8 Å². The van der Waals surface area contributed by atoms with E-state index in [1.54, 1.807) is 48.5 Å². The van der Waals surface area contributed by atoms with Crippen LogP contribution in [-0.4, -0.2) is 22.0 Å². The number of carbonyl (C=O) groups excluding carboxylic acids is 1. The number of hydrogen-bond donors (Lipinski definition) is 2. The fraction of sp³-hybridized carbons (Fsp3) is 0.375. The Morgan fingerprint density at radius 1 is 1.07 bits per heavy atom. The molecule has 0 aliphatic heterocycles. The number of rotatable bonds is 9. The van der Waals surface area contributed by atoms with Crippen molar-refractivity contribution in [3.8, 4) is 5.69 Å². The van der Waals surface area contributed by atoms with E-state index >= 15 is 0 Å². The lowest BCUT2D eigenvalue weighted by atomic mass is 9.99. The summed E-state index contributed by atoms with van der Waals surface area (Å²) in [6, 6.07) is 13.9. The van der Waals surface area contributed by atoms with E-state index in [1.807, 2.05) is 0 Å². The zero-order valence-corrected chi connectivity index (χ0v) is 17.6. The molecule has 0 aliphatic rings. The smallest absolute Gasteiger partial charge is 0.333 e. The molecule has 1 amide bonds. The van der Waals surface area contributed by atoms with Gasteiger partial charge < -0.3 is 10.3 Å². The Hall–Kier alpha value is -3.15. The third-order valence-corrected chi connectivity index (χ3v) is 5.50. The van der Waals surface area contributed by atoms with Crippen LogP contribution in [-0.2, 0) is 11.2 Å². The van der Waals surface area contributed by atoms with Crippen LogP contribution in [0.4, 0.5) is 0 Å². The van der Waals surface area contributed by atoms with E-state index in [-0.39, 0.29) is 17.9 Å². The lowest BCUT2D eigenvalue weighted by molar-refractivity contribution is -0.120. The summed E-state index contributed by atoms with van der Waals surface area (Å²) in [4.78, 5) is 40.2. The van der Waals surface area contributed by atoms with Gasteiger partial charge in [0.25, 0.3) is 5.56 Å². The maximum absolute atomic E-state index is 12.7. The number of aromatic amines is 1. The van der Waals surface area contributed by atoms with Gasteiger partial charge in [-0.1, -0.05) is 57.4 Å². The molecule has 2 N–H and O–H groups in total. The molecule has 0 aliphatic carbocycles. The maximum atomic E-state index is 12.7. The summed E-state index contributed by atoms with van der Waals surface area (Å²) in [6.45, 7) is 5.03. The number of para-hydroxylation sites is 1. The molecule has 0 spiro atoms. The van der Waals surface area contributed by atoms with Crippen molar-refractivity contribution in [2.45, 2.75) is 46.0 Å². The highest BCUT2D eigenvalue weighted by Crippen LogP contribution is 2.12. The molecule has 0 radical (unpaired) electrons. The SMILES string of the molecule is CCCC[C@H](CC)CNC(=O)Cc1ccc(-n2c(=O)[nH]c3ccccc3c2=O)cc1. The van der Waals surface area contributed by atoms with Crippen molar-refractivity contribution in [1.82, 2.24) is 14.9 Å². The first-order chi connectivity index (χ1) is 14.5. The Kier molecular flexibility index (Phi) is 7.22. The van der Waals surface area contributed by atoms with Crippen LogP contribution in [0.3, 0.4) is 0 Å². The molecule has 3 aromatic rings. The van der Waals surface area contributed by atoms with Gasteiger partial charge in [0.1, 0.15) is 0 Å². The van der Waals surface area contributed by atoms with Crippen LogP contribution in [0.2, 0.25) is 0 Å². The van der Waals surface area contributed by atoms with Crippen molar-refractivity contribution in [2.75, 3.05) is 6.54 Å². The first kappa shape index (κ1) is 21.6. The number of carbonyl (C=O) groups is 1. The van der Waals surface area contributed by atoms with Gasteiger partial charge in [0, 0.05) is 6.54 Å². The first-order valence-corrected chi connectivity index (χ1v) is 10.6. The Bertz CT molecular complexity index is 1110. The average Bonchev–Trinajstić information content (AvgIpc) is 2.75. The van der Waals surface area contributed by atoms with Gasteiger partial charge in [0.05, 0.1) is 23.0 Å². The summed E-state index contributed by atoms with van der Waals surface area (Å²) in [5, 5.41) is 3.48. The molecule has 2 aromatic carbocycles. The number of amides is 1. The Balaban J connectivity index is 1.70. The van der Waals surface area contributed by atoms with Gasteiger partial charge in [0.15, 0.2) is 0 Å². The zero-order valence-electron chi connectivity index (χ0n) is 17.6. The minimum absolute atomic E-state index is 0.0154. The number of nitrogens with zero attached hydrogens (tertiary/aromatic N) is 1. The molecule has 3 rings (SSSR count). The number of fused-ring (bicyclic) bond motifs is 1. The molecule has 0 unspecified atom stereocenters. The molecule has 0 saturated heterocycles. The standard InChI is InChI=1S/C24H29N3O3/c1-3-5-8-17(4-2)16-25-22(28)15-18-11-13-19(14-12-18)27-23(29)20-9-6-7-10-21(20)26-24(27)30/h6-7,9-14,17H,3-5,8,15-16H2,1-2H3,(H,25,28)(H,26,30)/t17-/m0/s1. The number of benzene rings is 2. The van der Waals surface area contributed by atoms with Crippen LogP contribution in [0, 0.1) is 5.92 Å². The largest absolute Gasteiger partial charge is 0.356 e. The second-order valence-electron chi connectivity index (χ2n) is 7.68. The third kappa shape index (κ3) is 5.06. The number of unbranched alkanes of at least 4 members (excludes halogenated alkanes) is 1. The highest BCUT2D eigenvalue weighted by Gasteiger charge is 2.11. The summed E-state index contributed by atoms with van der Waals surface area (Å²) in [6.07, 6.45) is 4.82. The van der Waals surface area contributed by atoms with Gasteiger partial charge in [-0.15, -0.1) is 0 Å². The van der Waals surface area contributed by atoms with Crippen molar-refractivity contribution in [3.05, 3.63) is 74.9 Å². The van der Waals surface area contributed by atoms with Crippen LogP contribution in [0.1, 0.15) is 45.1 Å². The van der Waals surface area contributed by atoms with Crippen LogP contribution < -0.4 is 16.6 Å². The molecule has 6 heteroatoms. The monoisotopic (exact) mass is 407 g/mol. The van der Waals surface area contributed by atoms with Crippen LogP contribution in [0.5, 0.6) is 0 Å². The fourth-order valence-corrected chi connectivity index (χ4v) is 3.61. The molecule has 158 valence electrons. The summed E-state index contributed by atoms with van der Waals surface area (Å²) < 4.78 is 1.12. The predicted octanol–water partition coefficient (Wildman–Crippen LogP) is 3.55. The average molecular weight is 408 g/mol. The summed E-state index contributed by atoms with van der Waals surface area (Å²) in [5.41, 5.74) is 0.977. The van der Waals surface area contributed by atoms with Gasteiger partial charge in [-0.05, 0) is 42.2 Å². The van der Waals surface area contributed by atoms with Crippen molar-refractivity contribution in [3.63, 3.8) is 0 Å². The van der Waals surface area contributed by atoms with E-state index < -0.39 is 5.69 Å². The second kappa shape index (κ2) is 10.1. The van der Waals surface area contributed by atoms with Crippen molar-refractivity contribution in [1.29, 1.82) is 0 Å². The van der Waals surface area contributed by atoms with Gasteiger partial charge >= 0.3 is 5.69 Å². The molecule has 6 nitrogen and oxygen atoms in total. The molecule has 1 aromatic heterocycles.